The summed E-state index contributed by atoms with van der Waals surface area (Å²) in [5, 5.41) is 2.98. The molecule has 2 aromatic rings. The second-order valence-corrected chi connectivity index (χ2v) is 8.79. The van der Waals surface area contributed by atoms with E-state index >= 15 is 0 Å². The summed E-state index contributed by atoms with van der Waals surface area (Å²) in [5.74, 6) is 0.632. The molecule has 0 saturated carbocycles. The molecule has 32 heavy (non-hydrogen) atoms. The quantitative estimate of drug-likeness (QED) is 0.684. The normalized spacial score (nSPS) is 19.2. The van der Waals surface area contributed by atoms with Crippen LogP contribution in [0.3, 0.4) is 0 Å². The molecule has 2 amide bonds. The number of hydrogen-bond acceptors (Lipinski definition) is 4. The van der Waals surface area contributed by atoms with Crippen LogP contribution in [0.2, 0.25) is 0 Å². The average Bonchev–Trinajstić information content (AvgIpc) is 3.25. The van der Waals surface area contributed by atoms with Crippen LogP contribution in [0.1, 0.15) is 50.2 Å². The second-order valence-electron chi connectivity index (χ2n) is 8.79. The second kappa shape index (κ2) is 10.6. The lowest BCUT2D eigenvalue weighted by molar-refractivity contribution is -0.123. The van der Waals surface area contributed by atoms with Gasteiger partial charge >= 0.3 is 0 Å². The number of carbonyl (C=O) groups is 2. The molecular formula is C26H33N3O3. The number of hydrogen-bond donors (Lipinski definition) is 1. The lowest BCUT2D eigenvalue weighted by Gasteiger charge is -2.33. The van der Waals surface area contributed by atoms with Crippen molar-refractivity contribution < 1.29 is 14.3 Å². The Morgan fingerprint density at radius 2 is 1.81 bits per heavy atom. The van der Waals surface area contributed by atoms with Gasteiger partial charge in [0.15, 0.2) is 6.61 Å². The third-order valence-corrected chi connectivity index (χ3v) is 6.50. The maximum Gasteiger partial charge on any atom is 0.258 e. The molecule has 2 heterocycles. The van der Waals surface area contributed by atoms with E-state index in [0.717, 1.165) is 37.3 Å². The number of amides is 2. The average molecular weight is 436 g/mol. The Hall–Kier alpha value is -2.86. The van der Waals surface area contributed by atoms with Crippen molar-refractivity contribution in [2.24, 2.45) is 0 Å². The molecule has 0 aromatic heterocycles. The molecule has 1 N–H and O–H groups in total. The number of rotatable bonds is 8. The first-order chi connectivity index (χ1) is 15.6. The van der Waals surface area contributed by atoms with Gasteiger partial charge in [-0.2, -0.15) is 0 Å². The van der Waals surface area contributed by atoms with Crippen LogP contribution in [0.5, 0.6) is 5.75 Å². The fraction of sp³-hybridized carbons (Fsp3) is 0.462. The largest absolute Gasteiger partial charge is 0.484 e. The minimum absolute atomic E-state index is 0.0344. The molecule has 0 radical (unpaired) electrons. The maximum atomic E-state index is 12.4. The molecule has 2 aromatic carbocycles. The number of nitrogens with one attached hydrogen (secondary N) is 1. The van der Waals surface area contributed by atoms with E-state index in [4.69, 9.17) is 4.74 Å². The van der Waals surface area contributed by atoms with Crippen molar-refractivity contribution in [3.05, 3.63) is 59.7 Å². The molecule has 4 rings (SSSR count). The van der Waals surface area contributed by atoms with Crippen molar-refractivity contribution in [3.63, 3.8) is 0 Å². The lowest BCUT2D eigenvalue weighted by Crippen LogP contribution is -2.37. The molecule has 2 aliphatic heterocycles. The molecule has 0 spiro atoms. The SMILES string of the molecule is CC1CCCCN1Cc1ccccc1CNC(=O)COc1ccc(N2CCCC2=O)cc1. The zero-order valence-electron chi connectivity index (χ0n) is 18.9. The van der Waals surface area contributed by atoms with Gasteiger partial charge in [0, 0.05) is 37.8 Å². The van der Waals surface area contributed by atoms with Crippen LogP contribution in [0, 0.1) is 0 Å². The van der Waals surface area contributed by atoms with Gasteiger partial charge in [0.05, 0.1) is 0 Å². The highest BCUT2D eigenvalue weighted by Crippen LogP contribution is 2.24. The summed E-state index contributed by atoms with van der Waals surface area (Å²) in [4.78, 5) is 28.5. The fourth-order valence-corrected chi connectivity index (χ4v) is 4.53. The molecule has 1 unspecified atom stereocenters. The Morgan fingerprint density at radius 1 is 1.03 bits per heavy atom. The standard InChI is InChI=1S/C26H33N3O3/c1-20-7-4-5-15-28(20)18-22-9-3-2-8-21(22)17-27-25(30)19-32-24-13-11-23(12-14-24)29-16-6-10-26(29)31/h2-3,8-9,11-14,20H,4-7,10,15-19H2,1H3,(H,27,30). The summed E-state index contributed by atoms with van der Waals surface area (Å²) in [6.07, 6.45) is 5.34. The summed E-state index contributed by atoms with van der Waals surface area (Å²) in [6, 6.07) is 16.3. The Balaban J connectivity index is 1.26. The zero-order chi connectivity index (χ0) is 22.3. The van der Waals surface area contributed by atoms with Crippen molar-refractivity contribution in [1.82, 2.24) is 10.2 Å². The molecule has 1 atom stereocenters. The predicted octanol–water partition coefficient (Wildman–Crippen LogP) is 3.88. The summed E-state index contributed by atoms with van der Waals surface area (Å²) < 4.78 is 5.64. The van der Waals surface area contributed by atoms with E-state index in [0.29, 0.717) is 24.8 Å². The van der Waals surface area contributed by atoms with Gasteiger partial charge in [-0.1, -0.05) is 30.7 Å². The van der Waals surface area contributed by atoms with E-state index in [1.807, 2.05) is 30.3 Å². The highest BCUT2D eigenvalue weighted by molar-refractivity contribution is 5.95. The van der Waals surface area contributed by atoms with E-state index in [2.05, 4.69) is 35.3 Å². The predicted molar refractivity (Wildman–Crippen MR) is 126 cm³/mol. The monoisotopic (exact) mass is 435 g/mol. The van der Waals surface area contributed by atoms with Gasteiger partial charge in [-0.05, 0) is 68.1 Å². The zero-order valence-corrected chi connectivity index (χ0v) is 18.9. The maximum absolute atomic E-state index is 12.4. The number of nitrogens with zero attached hydrogens (tertiary/aromatic N) is 2. The number of piperidine rings is 1. The molecule has 6 nitrogen and oxygen atoms in total. The van der Waals surface area contributed by atoms with Crippen molar-refractivity contribution in [3.8, 4) is 5.75 Å². The Bertz CT molecular complexity index is 928. The van der Waals surface area contributed by atoms with Crippen LogP contribution in [0.25, 0.3) is 0 Å². The van der Waals surface area contributed by atoms with E-state index in [1.54, 1.807) is 4.90 Å². The highest BCUT2D eigenvalue weighted by Gasteiger charge is 2.21. The molecule has 6 heteroatoms. The molecule has 0 bridgehead atoms. The van der Waals surface area contributed by atoms with Gasteiger partial charge < -0.3 is 15.0 Å². The van der Waals surface area contributed by atoms with Gasteiger partial charge in [-0.3, -0.25) is 14.5 Å². The topological polar surface area (TPSA) is 61.9 Å². The van der Waals surface area contributed by atoms with E-state index < -0.39 is 0 Å². The van der Waals surface area contributed by atoms with Crippen molar-refractivity contribution in [2.75, 3.05) is 24.6 Å². The molecule has 170 valence electrons. The van der Waals surface area contributed by atoms with Gasteiger partial charge in [-0.25, -0.2) is 0 Å². The smallest absolute Gasteiger partial charge is 0.258 e. The van der Waals surface area contributed by atoms with Crippen molar-refractivity contribution in [2.45, 2.75) is 58.2 Å². The summed E-state index contributed by atoms with van der Waals surface area (Å²) in [6.45, 7) is 5.59. The Kier molecular flexibility index (Phi) is 7.43. The molecule has 2 aliphatic rings. The third-order valence-electron chi connectivity index (χ3n) is 6.50. The highest BCUT2D eigenvalue weighted by atomic mass is 16.5. The van der Waals surface area contributed by atoms with Crippen molar-refractivity contribution in [1.29, 1.82) is 0 Å². The van der Waals surface area contributed by atoms with E-state index in [1.165, 1.54) is 24.8 Å². The third kappa shape index (κ3) is 5.68. The molecular weight excluding hydrogens is 402 g/mol. The molecule has 0 aliphatic carbocycles. The van der Waals surface area contributed by atoms with Gasteiger partial charge in [0.1, 0.15) is 5.75 Å². The first-order valence-electron chi connectivity index (χ1n) is 11.7. The Morgan fingerprint density at radius 3 is 2.53 bits per heavy atom. The van der Waals surface area contributed by atoms with Crippen LogP contribution in [0.15, 0.2) is 48.5 Å². The number of likely N-dealkylation sites (tertiary alicyclic amines) is 1. The van der Waals surface area contributed by atoms with Crippen LogP contribution in [-0.4, -0.2) is 42.5 Å². The van der Waals surface area contributed by atoms with E-state index in [-0.39, 0.29) is 18.4 Å². The summed E-state index contributed by atoms with van der Waals surface area (Å²) >= 11 is 0. The van der Waals surface area contributed by atoms with Gasteiger partial charge in [0.25, 0.3) is 5.91 Å². The fourth-order valence-electron chi connectivity index (χ4n) is 4.53. The molecule has 2 fully saturated rings. The van der Waals surface area contributed by atoms with Crippen molar-refractivity contribution >= 4 is 17.5 Å². The molecule has 2 saturated heterocycles. The van der Waals surface area contributed by atoms with Gasteiger partial charge in [0.2, 0.25) is 5.91 Å². The first kappa shape index (κ1) is 22.3. The number of ether oxygens (including phenoxy) is 1. The Labute approximate surface area is 190 Å². The van der Waals surface area contributed by atoms with Gasteiger partial charge in [-0.15, -0.1) is 0 Å². The van der Waals surface area contributed by atoms with E-state index in [9.17, 15) is 9.59 Å². The summed E-state index contributed by atoms with van der Waals surface area (Å²) in [5.41, 5.74) is 3.30. The number of carbonyl (C=O) groups excluding carboxylic acids is 2. The lowest BCUT2D eigenvalue weighted by atomic mass is 10.0. The van der Waals surface area contributed by atoms with Crippen LogP contribution in [-0.2, 0) is 22.7 Å². The number of anilines is 1. The summed E-state index contributed by atoms with van der Waals surface area (Å²) in [7, 11) is 0. The number of benzene rings is 2. The minimum Gasteiger partial charge on any atom is -0.484 e. The van der Waals surface area contributed by atoms with Crippen LogP contribution in [0.4, 0.5) is 5.69 Å². The minimum atomic E-state index is -0.148. The van der Waals surface area contributed by atoms with Crippen LogP contribution >= 0.6 is 0 Å². The van der Waals surface area contributed by atoms with Crippen LogP contribution < -0.4 is 15.0 Å². The first-order valence-corrected chi connectivity index (χ1v) is 11.7.